The van der Waals surface area contributed by atoms with Crippen molar-refractivity contribution < 1.29 is 14.3 Å². The Labute approximate surface area is 170 Å². The molecule has 2 aliphatic heterocycles. The molecule has 2 N–H and O–H groups in total. The Bertz CT molecular complexity index is 848. The first kappa shape index (κ1) is 19.3. The number of aromatic nitrogens is 1. The highest BCUT2D eigenvalue weighted by atomic mass is 16.7. The predicted octanol–water partition coefficient (Wildman–Crippen LogP) is 2.66. The van der Waals surface area contributed by atoms with Crippen molar-refractivity contribution in [3.8, 4) is 11.5 Å². The monoisotopic (exact) mass is 397 g/mol. The van der Waals surface area contributed by atoms with Crippen LogP contribution >= 0.6 is 0 Å². The molecule has 154 valence electrons. The molecular formula is C21H27N5O3. The highest BCUT2D eigenvalue weighted by molar-refractivity contribution is 5.88. The van der Waals surface area contributed by atoms with Gasteiger partial charge in [-0.2, -0.15) is 0 Å². The van der Waals surface area contributed by atoms with E-state index in [9.17, 15) is 4.79 Å². The molecule has 1 fully saturated rings. The lowest BCUT2D eigenvalue weighted by Crippen LogP contribution is -2.46. The number of anilines is 2. The number of hydrogen-bond donors (Lipinski definition) is 2. The van der Waals surface area contributed by atoms with Gasteiger partial charge in [0.15, 0.2) is 11.5 Å². The fourth-order valence-corrected chi connectivity index (χ4v) is 3.52. The third kappa shape index (κ3) is 4.89. The molecule has 0 aliphatic carbocycles. The lowest BCUT2D eigenvalue weighted by Gasteiger charge is -2.36. The second-order valence-electron chi connectivity index (χ2n) is 7.61. The molecule has 0 saturated carbocycles. The van der Waals surface area contributed by atoms with E-state index in [4.69, 9.17) is 9.47 Å². The number of amides is 2. The summed E-state index contributed by atoms with van der Waals surface area (Å²) in [5.41, 5.74) is 2.31. The predicted molar refractivity (Wildman–Crippen MR) is 112 cm³/mol. The zero-order chi connectivity index (χ0) is 20.2. The molecule has 1 aromatic heterocycles. The van der Waals surface area contributed by atoms with Crippen LogP contribution in [0.2, 0.25) is 0 Å². The van der Waals surface area contributed by atoms with Gasteiger partial charge in [0.05, 0.1) is 11.9 Å². The molecule has 0 spiro atoms. The van der Waals surface area contributed by atoms with Crippen LogP contribution in [0.15, 0.2) is 36.5 Å². The molecule has 3 heterocycles. The first-order chi connectivity index (χ1) is 14.1. The molecule has 29 heavy (non-hydrogen) atoms. The Morgan fingerprint density at radius 2 is 1.90 bits per heavy atom. The van der Waals surface area contributed by atoms with Crippen LogP contribution in [0.4, 0.5) is 16.3 Å². The highest BCUT2D eigenvalue weighted by Crippen LogP contribution is 2.33. The van der Waals surface area contributed by atoms with E-state index in [1.807, 2.05) is 38.2 Å². The number of fused-ring (bicyclic) bond motifs is 1. The molecule has 4 rings (SSSR count). The van der Waals surface area contributed by atoms with E-state index < -0.39 is 0 Å². The fraction of sp³-hybridized carbons (Fsp3) is 0.429. The molecule has 0 radical (unpaired) electrons. The number of carbonyl (C=O) groups excluding carboxylic acids is 1. The molecule has 8 nitrogen and oxygen atoms in total. The summed E-state index contributed by atoms with van der Waals surface area (Å²) in [7, 11) is 0. The minimum absolute atomic E-state index is 0.0863. The topological polar surface area (TPSA) is 79.0 Å². The van der Waals surface area contributed by atoms with Crippen LogP contribution in [0.1, 0.15) is 19.4 Å². The van der Waals surface area contributed by atoms with E-state index in [1.54, 1.807) is 0 Å². The van der Waals surface area contributed by atoms with E-state index in [0.29, 0.717) is 12.6 Å². The average Bonchev–Trinajstić information content (AvgIpc) is 3.16. The molecule has 8 heteroatoms. The van der Waals surface area contributed by atoms with E-state index in [1.165, 1.54) is 5.56 Å². The SMILES string of the molecule is CC(C)NC(=O)Nc1ccc(N2CCN(Cc3ccc4c(c3)OCO4)CC2)cn1. The molecule has 2 aliphatic rings. The Kier molecular flexibility index (Phi) is 5.71. The third-order valence-corrected chi connectivity index (χ3v) is 4.99. The normalized spacial score (nSPS) is 16.2. The number of piperazine rings is 1. The van der Waals surface area contributed by atoms with Crippen molar-refractivity contribution >= 4 is 17.5 Å². The minimum Gasteiger partial charge on any atom is -0.454 e. The van der Waals surface area contributed by atoms with Crippen molar-refractivity contribution in [2.45, 2.75) is 26.4 Å². The van der Waals surface area contributed by atoms with E-state index in [0.717, 1.165) is 49.9 Å². The van der Waals surface area contributed by atoms with Crippen LogP contribution in [-0.2, 0) is 6.54 Å². The van der Waals surface area contributed by atoms with Gasteiger partial charge in [-0.3, -0.25) is 10.2 Å². The summed E-state index contributed by atoms with van der Waals surface area (Å²) in [6.07, 6.45) is 1.82. The Morgan fingerprint density at radius 1 is 1.10 bits per heavy atom. The largest absolute Gasteiger partial charge is 0.454 e. The molecule has 2 amide bonds. The van der Waals surface area contributed by atoms with Crippen molar-refractivity contribution in [1.82, 2.24) is 15.2 Å². The summed E-state index contributed by atoms with van der Waals surface area (Å²) in [5.74, 6) is 2.21. The maximum Gasteiger partial charge on any atom is 0.320 e. The van der Waals surface area contributed by atoms with Crippen molar-refractivity contribution in [2.24, 2.45) is 0 Å². The molecule has 0 bridgehead atoms. The number of benzene rings is 1. The maximum absolute atomic E-state index is 11.8. The van der Waals surface area contributed by atoms with Gasteiger partial charge in [0, 0.05) is 38.8 Å². The maximum atomic E-state index is 11.8. The molecule has 0 atom stereocenters. The van der Waals surface area contributed by atoms with Crippen molar-refractivity contribution in [1.29, 1.82) is 0 Å². The van der Waals surface area contributed by atoms with Crippen LogP contribution < -0.4 is 25.0 Å². The number of hydrogen-bond acceptors (Lipinski definition) is 6. The van der Waals surface area contributed by atoms with Crippen LogP contribution in [0.3, 0.4) is 0 Å². The second-order valence-corrected chi connectivity index (χ2v) is 7.61. The van der Waals surface area contributed by atoms with Gasteiger partial charge in [0.1, 0.15) is 5.82 Å². The standard InChI is InChI=1S/C21H27N5O3/c1-15(2)23-21(27)24-20-6-4-17(12-22-20)26-9-7-25(8-10-26)13-16-3-5-18-19(11-16)29-14-28-18/h3-6,11-12,15H,7-10,13-14H2,1-2H3,(H2,22,23,24,27). The van der Waals surface area contributed by atoms with Gasteiger partial charge in [-0.15, -0.1) is 0 Å². The van der Waals surface area contributed by atoms with Crippen LogP contribution in [0.5, 0.6) is 11.5 Å². The first-order valence-corrected chi connectivity index (χ1v) is 9.96. The van der Waals surface area contributed by atoms with Gasteiger partial charge in [-0.05, 0) is 43.7 Å². The number of ether oxygens (including phenoxy) is 2. The van der Waals surface area contributed by atoms with E-state index >= 15 is 0 Å². The number of carbonyl (C=O) groups is 1. The minimum atomic E-state index is -0.239. The molecular weight excluding hydrogens is 370 g/mol. The zero-order valence-electron chi connectivity index (χ0n) is 16.9. The summed E-state index contributed by atoms with van der Waals surface area (Å²) in [6, 6.07) is 9.85. The van der Waals surface area contributed by atoms with Crippen molar-refractivity contribution in [2.75, 3.05) is 43.2 Å². The quantitative estimate of drug-likeness (QED) is 0.808. The molecule has 2 aromatic rings. The van der Waals surface area contributed by atoms with Crippen molar-refractivity contribution in [3.05, 3.63) is 42.1 Å². The lowest BCUT2D eigenvalue weighted by atomic mass is 10.1. The van der Waals surface area contributed by atoms with Gasteiger partial charge >= 0.3 is 6.03 Å². The third-order valence-electron chi connectivity index (χ3n) is 4.99. The van der Waals surface area contributed by atoms with Gasteiger partial charge in [-0.25, -0.2) is 9.78 Å². The van der Waals surface area contributed by atoms with E-state index in [2.05, 4.69) is 37.6 Å². The first-order valence-electron chi connectivity index (χ1n) is 9.96. The Morgan fingerprint density at radius 3 is 2.62 bits per heavy atom. The zero-order valence-corrected chi connectivity index (χ0v) is 16.9. The molecule has 1 aromatic carbocycles. The highest BCUT2D eigenvalue weighted by Gasteiger charge is 2.19. The summed E-state index contributed by atoms with van der Waals surface area (Å²) in [6.45, 7) is 8.87. The molecule has 0 unspecified atom stereocenters. The smallest absolute Gasteiger partial charge is 0.320 e. The number of urea groups is 1. The van der Waals surface area contributed by atoms with Gasteiger partial charge in [0.25, 0.3) is 0 Å². The number of rotatable bonds is 5. The van der Waals surface area contributed by atoms with Crippen molar-refractivity contribution in [3.63, 3.8) is 0 Å². The van der Waals surface area contributed by atoms with Crippen LogP contribution in [-0.4, -0.2) is 54.9 Å². The summed E-state index contributed by atoms with van der Waals surface area (Å²) in [5, 5.41) is 5.54. The average molecular weight is 397 g/mol. The van der Waals surface area contributed by atoms with Gasteiger partial charge in [-0.1, -0.05) is 6.07 Å². The number of pyridine rings is 1. The summed E-state index contributed by atoms with van der Waals surface area (Å²) in [4.78, 5) is 20.9. The van der Waals surface area contributed by atoms with Gasteiger partial charge < -0.3 is 19.7 Å². The van der Waals surface area contributed by atoms with Crippen LogP contribution in [0.25, 0.3) is 0 Å². The number of nitrogens with zero attached hydrogens (tertiary/aromatic N) is 3. The van der Waals surface area contributed by atoms with Crippen LogP contribution in [0, 0.1) is 0 Å². The summed E-state index contributed by atoms with van der Waals surface area (Å²) < 4.78 is 10.8. The fourth-order valence-electron chi connectivity index (χ4n) is 3.52. The Hall–Kier alpha value is -3.00. The number of nitrogens with one attached hydrogen (secondary N) is 2. The lowest BCUT2D eigenvalue weighted by molar-refractivity contribution is 0.174. The Balaban J connectivity index is 1.27. The molecule has 1 saturated heterocycles. The van der Waals surface area contributed by atoms with E-state index in [-0.39, 0.29) is 12.1 Å². The van der Waals surface area contributed by atoms with Gasteiger partial charge in [0.2, 0.25) is 6.79 Å². The second kappa shape index (κ2) is 8.57. The summed E-state index contributed by atoms with van der Waals surface area (Å²) >= 11 is 0.